The Balaban J connectivity index is 1.10. The third-order valence-corrected chi connectivity index (χ3v) is 25.2. The van der Waals surface area contributed by atoms with Crippen molar-refractivity contribution >= 4 is 140 Å². The largest absolute Gasteiger partial charge is 0.394 e. The van der Waals surface area contributed by atoms with Crippen LogP contribution in [0.1, 0.15) is 140 Å². The minimum Gasteiger partial charge on any atom is -0.394 e. The van der Waals surface area contributed by atoms with E-state index in [0.717, 1.165) is 36.3 Å². The van der Waals surface area contributed by atoms with E-state index in [1.54, 1.807) is 105 Å². The summed E-state index contributed by atoms with van der Waals surface area (Å²) in [6.07, 6.45) is 2.98. The van der Waals surface area contributed by atoms with Crippen molar-refractivity contribution in [2.75, 3.05) is 65.4 Å². The van der Waals surface area contributed by atoms with Crippen LogP contribution in [0.15, 0.2) is 104 Å². The second-order valence-electron chi connectivity index (χ2n) is 34.7. The number of guanidine groups is 1. The zero-order chi connectivity index (χ0) is 98.4. The Bertz CT molecular complexity index is 5190. The number of nitrogens with two attached hydrogens (primary N) is 3. The van der Waals surface area contributed by atoms with E-state index < -0.39 is 247 Å². The van der Waals surface area contributed by atoms with E-state index in [9.17, 15) is 48.3 Å². The molecule has 732 valence electrons. The zero-order valence-electron chi connectivity index (χ0n) is 77.1. The molecule has 3 aromatic carbocycles. The van der Waals surface area contributed by atoms with E-state index in [2.05, 4.69) is 78.4 Å². The predicted octanol–water partition coefficient (Wildman–Crippen LogP) is -1.66. The van der Waals surface area contributed by atoms with Crippen LogP contribution in [0.4, 0.5) is 4.39 Å². The highest BCUT2D eigenvalue weighted by atomic mass is 32.2. The van der Waals surface area contributed by atoms with Gasteiger partial charge < -0.3 is 120 Å². The maximum atomic E-state index is 16.3. The lowest BCUT2D eigenvalue weighted by molar-refractivity contribution is -0.149. The van der Waals surface area contributed by atoms with E-state index >= 15 is 42.7 Å². The molecule has 0 spiro atoms. The number of rotatable bonds is 26. The number of primary amides is 2. The van der Waals surface area contributed by atoms with Crippen LogP contribution in [0.25, 0.3) is 21.8 Å². The number of hydrogen-bond donors (Lipinski definition) is 19. The van der Waals surface area contributed by atoms with Crippen LogP contribution >= 0.6 is 11.8 Å². The van der Waals surface area contributed by atoms with Crippen LogP contribution in [-0.2, 0) is 107 Å². The zero-order valence-corrected chi connectivity index (χ0v) is 77.9. The Morgan fingerprint density at radius 2 is 1.08 bits per heavy atom. The van der Waals surface area contributed by atoms with Crippen molar-refractivity contribution in [1.82, 2.24) is 103 Å². The van der Waals surface area contributed by atoms with Gasteiger partial charge in [0.15, 0.2) is 5.96 Å². The van der Waals surface area contributed by atoms with Crippen molar-refractivity contribution in [3.63, 3.8) is 0 Å². The predicted molar refractivity (Wildman–Crippen MR) is 497 cm³/mol. The average Bonchev–Trinajstić information content (AvgIpc) is 1.72. The number of H-pyrrole nitrogens is 3. The molecule has 3 aliphatic heterocycles. The van der Waals surface area contributed by atoms with Gasteiger partial charge in [-0.25, -0.2) is 9.37 Å². The highest BCUT2D eigenvalue weighted by molar-refractivity contribution is 8.00. The number of amides is 17. The van der Waals surface area contributed by atoms with Crippen LogP contribution in [0.3, 0.4) is 0 Å². The van der Waals surface area contributed by atoms with Crippen LogP contribution in [0.5, 0.6) is 0 Å². The SMILES string of the molecule is CCCCC1C(=O)N(C)C(CCCC)C(=O)NC(CCCNC(=N)N)C(=O)NC(C(=O)NCC(N)=O)CSCC(=O)NC(Cc2ccccc2)C(=O)N(C)C(C)C(=O)NC(CC(N)=O)C(=O)N2CCCC2C(=O)NC(Cc2cnc[nH]2)C(=O)NC(CC(C)C)C(=O)N2CC(F)CC2C(=O)NC(Cc2c[nH]c3ccccc23)C(=O)NC(CO)C(=O)NC(Cc2c[nH]c3ccccc23)C(=O)N1C. The number of hydrogen-bond acceptors (Lipinski definition) is 21. The lowest BCUT2D eigenvalue weighted by Gasteiger charge is -2.36. The molecule has 15 unspecified atom stereocenters. The van der Waals surface area contributed by atoms with E-state index in [0.29, 0.717) is 69.9 Å². The van der Waals surface area contributed by atoms with Crippen LogP contribution in [-0.4, -0.2) is 312 Å². The van der Waals surface area contributed by atoms with Gasteiger partial charge in [0, 0.05) is 118 Å². The Morgan fingerprint density at radius 3 is 1.68 bits per heavy atom. The first-order valence-corrected chi connectivity index (χ1v) is 46.5. The van der Waals surface area contributed by atoms with Crippen LogP contribution in [0, 0.1) is 11.3 Å². The molecular formula is C91H127FN24O18S. The molecule has 3 saturated heterocycles. The number of aliphatic hydroxyl groups is 1. The van der Waals surface area contributed by atoms with Crippen molar-refractivity contribution in [3.8, 4) is 0 Å². The number of unbranched alkanes of at least 4 members (excludes halogenated alkanes) is 2. The first-order valence-electron chi connectivity index (χ1n) is 45.4. The molecule has 0 aliphatic carbocycles. The Labute approximate surface area is 784 Å². The fourth-order valence-electron chi connectivity index (χ4n) is 16.7. The number of nitrogens with zero attached hydrogens (tertiary/aromatic N) is 6. The first kappa shape index (κ1) is 105. The van der Waals surface area contributed by atoms with E-state index in [1.807, 2.05) is 13.8 Å². The first-order chi connectivity index (χ1) is 64.4. The quantitative estimate of drug-likeness (QED) is 0.0164. The highest BCUT2D eigenvalue weighted by Gasteiger charge is 2.47. The van der Waals surface area contributed by atoms with Crippen molar-refractivity contribution in [3.05, 3.63) is 126 Å². The summed E-state index contributed by atoms with van der Waals surface area (Å²) in [6, 6.07) is 0.453. The number of aliphatic hydroxyl groups excluding tert-OH is 1. The number of carbonyl (C=O) groups excluding carboxylic acids is 17. The van der Waals surface area contributed by atoms with Gasteiger partial charge in [-0.15, -0.1) is 11.8 Å². The summed E-state index contributed by atoms with van der Waals surface area (Å²) < 4.78 is 16.3. The average molecular weight is 1900 g/mol. The molecule has 135 heavy (non-hydrogen) atoms. The molecular weight excluding hydrogens is 1770 g/mol. The Kier molecular flexibility index (Phi) is 39.3. The molecule has 0 radical (unpaired) electrons. The number of carbonyl (C=O) groups is 17. The number of nitrogens with one attached hydrogen (secondary N) is 15. The molecule has 3 fully saturated rings. The van der Waals surface area contributed by atoms with E-state index in [1.165, 1.54) is 40.6 Å². The van der Waals surface area contributed by atoms with Crippen LogP contribution < -0.4 is 75.7 Å². The summed E-state index contributed by atoms with van der Waals surface area (Å²) in [4.78, 5) is 269. The van der Waals surface area contributed by atoms with Gasteiger partial charge in [0.05, 0.1) is 38.2 Å². The molecule has 9 rings (SSSR count). The fourth-order valence-corrected chi connectivity index (χ4v) is 17.6. The van der Waals surface area contributed by atoms with Gasteiger partial charge in [0.25, 0.3) is 0 Å². The smallest absolute Gasteiger partial charge is 0.246 e. The summed E-state index contributed by atoms with van der Waals surface area (Å²) in [5.41, 5.74) is 19.9. The molecule has 3 aliphatic rings. The number of fused-ring (bicyclic) bond motifs is 4. The standard InChI is InChI=1S/C91H127FN24O18S/c1-9-11-29-70-83(127)104-61(28-20-32-98-91(95)96)79(123)111-69(78(122)101-44-75(94)119)47-135-48-76(120)103-65(35-52-22-14-13-15-23-52)86(130)112(6)51(5)77(121)107-67(40-74(93)118)88(132)115-33-21-31-71(115)84(128)106-63(39-56-43-97-49-102-56)81(125)108-64(34-50(3)4)89(133)116-45-55(92)38-73(116)85(129)105-62(36-53-41-99-59-26-18-16-24-57(53)59)80(124)110-68(46-117)82(126)109-66(37-54-42-100-60-27-19-17-25-58(54)60)87(131)114(8)72(30-12-10-2)90(134)113(70)7/h13-19,22-27,41-43,49-51,55,61-73,99-100,117H,9-12,20-21,28-40,44-48H2,1-8H3,(H2,93,118)(H2,94,119)(H,97,102)(H,101,122)(H,103,120)(H,104,127)(H,105,129)(H,106,128)(H,107,121)(H,108,125)(H,109,126)(H,110,124)(H,111,123)(H4,95,96,98). The molecule has 22 N–H and O–H groups in total. The van der Waals surface area contributed by atoms with Crippen molar-refractivity contribution < 1.29 is 91.0 Å². The summed E-state index contributed by atoms with van der Waals surface area (Å²) in [5.74, 6) is -17.9. The summed E-state index contributed by atoms with van der Waals surface area (Å²) in [6.45, 7) is 5.79. The van der Waals surface area contributed by atoms with Crippen LogP contribution in [0.2, 0.25) is 0 Å². The van der Waals surface area contributed by atoms with Gasteiger partial charge in [-0.05, 0) is 86.6 Å². The molecule has 0 saturated carbocycles. The number of halogens is 1. The van der Waals surface area contributed by atoms with Gasteiger partial charge in [-0.2, -0.15) is 0 Å². The molecule has 17 amide bonds. The van der Waals surface area contributed by atoms with Crippen molar-refractivity contribution in [2.45, 2.75) is 235 Å². The molecule has 3 aromatic heterocycles. The number of para-hydroxylation sites is 2. The topological polar surface area (TPSA) is 621 Å². The molecule has 6 heterocycles. The molecule has 42 nitrogen and oxygen atoms in total. The number of thioether (sulfide) groups is 1. The summed E-state index contributed by atoms with van der Waals surface area (Å²) >= 11 is 0.788. The second kappa shape index (κ2) is 50.5. The highest BCUT2D eigenvalue weighted by Crippen LogP contribution is 2.29. The molecule has 6 aromatic rings. The number of benzene rings is 3. The van der Waals surface area contributed by atoms with Gasteiger partial charge in [-0.1, -0.05) is 120 Å². The molecule has 44 heteroatoms. The summed E-state index contributed by atoms with van der Waals surface area (Å²) in [5, 5.41) is 49.3. The Hall–Kier alpha value is -13.6. The monoisotopic (exact) mass is 1890 g/mol. The lowest BCUT2D eigenvalue weighted by atomic mass is 10.00. The Morgan fingerprint density at radius 1 is 0.548 bits per heavy atom. The van der Waals surface area contributed by atoms with Crippen molar-refractivity contribution in [2.24, 2.45) is 23.1 Å². The van der Waals surface area contributed by atoms with Gasteiger partial charge in [0.2, 0.25) is 100 Å². The van der Waals surface area contributed by atoms with Gasteiger partial charge in [-0.3, -0.25) is 86.9 Å². The third-order valence-electron chi connectivity index (χ3n) is 24.2. The third kappa shape index (κ3) is 29.5. The minimum absolute atomic E-state index is 0.00745. The van der Waals surface area contributed by atoms with Gasteiger partial charge >= 0.3 is 0 Å². The number of likely N-dealkylation sites (N-methyl/N-ethyl adjacent to an activating group) is 3. The normalized spacial score (nSPS) is 24.8. The second-order valence-corrected chi connectivity index (χ2v) is 35.8. The minimum atomic E-state index is -1.91. The van der Waals surface area contributed by atoms with Gasteiger partial charge in [0.1, 0.15) is 90.8 Å². The maximum absolute atomic E-state index is 16.3. The van der Waals surface area contributed by atoms with E-state index in [4.69, 9.17) is 22.6 Å². The number of alkyl halides is 1. The number of imidazole rings is 1. The fraction of sp³-hybridized carbons (Fsp3) is 0.527. The number of aromatic nitrogens is 4. The maximum Gasteiger partial charge on any atom is 0.246 e. The summed E-state index contributed by atoms with van der Waals surface area (Å²) in [7, 11) is 3.93. The molecule has 15 atom stereocenters. The lowest BCUT2D eigenvalue weighted by Crippen LogP contribution is -2.62. The van der Waals surface area contributed by atoms with E-state index in [-0.39, 0.29) is 83.7 Å². The molecule has 0 bridgehead atoms. The van der Waals surface area contributed by atoms with Crippen molar-refractivity contribution in [1.29, 1.82) is 5.41 Å². The number of aromatic amines is 3.